The van der Waals surface area contributed by atoms with Gasteiger partial charge in [-0.1, -0.05) is 0 Å². The molecule has 1 radical (unpaired) electrons. The third-order valence-corrected chi connectivity index (χ3v) is 1.05. The summed E-state index contributed by atoms with van der Waals surface area (Å²) in [7, 11) is 0. The summed E-state index contributed by atoms with van der Waals surface area (Å²) in [5.41, 5.74) is 0. The molecule has 2 N–H and O–H groups in total. The van der Waals surface area contributed by atoms with Gasteiger partial charge < -0.3 is 5.32 Å². The average molecular weight is 98.1 g/mol. The highest BCUT2D eigenvalue weighted by Crippen LogP contribution is 1.95. The zero-order valence-electron chi connectivity index (χ0n) is 4.07. The summed E-state index contributed by atoms with van der Waals surface area (Å²) in [5.74, 6) is 7.36. The van der Waals surface area contributed by atoms with E-state index in [1.54, 1.807) is 0 Å². The molecule has 0 aromatic carbocycles. The summed E-state index contributed by atoms with van der Waals surface area (Å²) in [5, 5.41) is 6.21. The van der Waals surface area contributed by atoms with E-state index >= 15 is 0 Å². The highest BCUT2D eigenvalue weighted by Gasteiger charge is 2.04. The van der Waals surface area contributed by atoms with Crippen molar-refractivity contribution in [2.75, 3.05) is 6.54 Å². The normalized spacial score (nSPS) is 25.4. The van der Waals surface area contributed by atoms with Crippen molar-refractivity contribution in [3.63, 3.8) is 0 Å². The molecule has 0 spiro atoms. The molecule has 1 saturated heterocycles. The fourth-order valence-corrected chi connectivity index (χ4v) is 0.672. The van der Waals surface area contributed by atoms with E-state index < -0.39 is 0 Å². The smallest absolute Gasteiger partial charge is 0.124 e. The maximum atomic E-state index is 6.53. The predicted octanol–water partition coefficient (Wildman–Crippen LogP) is -0.0338. The van der Waals surface area contributed by atoms with Crippen molar-refractivity contribution in [2.24, 2.45) is 5.10 Å². The van der Waals surface area contributed by atoms with Crippen molar-refractivity contribution in [1.29, 1.82) is 0 Å². The Morgan fingerprint density at radius 1 is 1.71 bits per heavy atom. The molecule has 0 unspecified atom stereocenters. The zero-order chi connectivity index (χ0) is 5.11. The van der Waals surface area contributed by atoms with E-state index in [2.05, 4.69) is 10.4 Å². The highest BCUT2D eigenvalue weighted by molar-refractivity contribution is 5.83. The molecule has 0 saturated carbocycles. The SMILES string of the molecule is [NH]N=C1CCCN1. The first-order valence-corrected chi connectivity index (χ1v) is 2.40. The molecule has 0 atom stereocenters. The third kappa shape index (κ3) is 0.824. The monoisotopic (exact) mass is 98.1 g/mol. The van der Waals surface area contributed by atoms with Crippen LogP contribution >= 0.6 is 0 Å². The number of nitrogens with zero attached hydrogens (tertiary/aromatic N) is 1. The van der Waals surface area contributed by atoms with Gasteiger partial charge in [0.15, 0.2) is 0 Å². The summed E-state index contributed by atoms with van der Waals surface area (Å²) >= 11 is 0. The van der Waals surface area contributed by atoms with Gasteiger partial charge in [0.05, 0.1) is 0 Å². The Balaban J connectivity index is 2.41. The Labute approximate surface area is 42.6 Å². The van der Waals surface area contributed by atoms with Gasteiger partial charge in [0.1, 0.15) is 5.84 Å². The van der Waals surface area contributed by atoms with Gasteiger partial charge in [-0.2, -0.15) is 0 Å². The van der Waals surface area contributed by atoms with Gasteiger partial charge in [-0.05, 0) is 6.42 Å². The average Bonchev–Trinajstić information content (AvgIpc) is 2.14. The Hall–Kier alpha value is -0.730. The molecule has 3 nitrogen and oxygen atoms in total. The van der Waals surface area contributed by atoms with Crippen molar-refractivity contribution in [2.45, 2.75) is 12.8 Å². The minimum Gasteiger partial charge on any atom is -0.372 e. The Kier molecular flexibility index (Phi) is 1.15. The van der Waals surface area contributed by atoms with Gasteiger partial charge in [-0.15, -0.1) is 5.10 Å². The number of hydrogen-bond donors (Lipinski definition) is 1. The number of nitrogens with one attached hydrogen (secondary N) is 2. The summed E-state index contributed by atoms with van der Waals surface area (Å²) in [6, 6.07) is 0. The van der Waals surface area contributed by atoms with Crippen LogP contribution < -0.4 is 11.2 Å². The van der Waals surface area contributed by atoms with Crippen molar-refractivity contribution in [3.05, 3.63) is 0 Å². The molecule has 1 aliphatic rings. The largest absolute Gasteiger partial charge is 0.372 e. The number of amidine groups is 1. The minimum absolute atomic E-state index is 0.833. The van der Waals surface area contributed by atoms with E-state index in [0.717, 1.165) is 25.2 Å². The maximum absolute atomic E-state index is 6.53. The first-order chi connectivity index (χ1) is 3.43. The molecule has 1 aliphatic heterocycles. The van der Waals surface area contributed by atoms with E-state index in [4.69, 9.17) is 5.84 Å². The van der Waals surface area contributed by atoms with Crippen LogP contribution in [0, 0.1) is 0 Å². The predicted molar refractivity (Wildman–Crippen MR) is 27.8 cm³/mol. The molecular formula is C4H8N3. The lowest BCUT2D eigenvalue weighted by atomic mass is 10.4. The van der Waals surface area contributed by atoms with E-state index in [0.29, 0.717) is 0 Å². The lowest BCUT2D eigenvalue weighted by Crippen LogP contribution is -2.13. The highest BCUT2D eigenvalue weighted by atomic mass is 15.2. The topological polar surface area (TPSA) is 48.2 Å². The fraction of sp³-hybridized carbons (Fsp3) is 0.750. The van der Waals surface area contributed by atoms with Crippen LogP contribution in [0.15, 0.2) is 5.10 Å². The quantitative estimate of drug-likeness (QED) is 0.425. The summed E-state index contributed by atoms with van der Waals surface area (Å²) in [6.45, 7) is 0.998. The lowest BCUT2D eigenvalue weighted by Gasteiger charge is -1.87. The second-order valence-electron chi connectivity index (χ2n) is 1.59. The maximum Gasteiger partial charge on any atom is 0.124 e. The van der Waals surface area contributed by atoms with Gasteiger partial charge in [0.25, 0.3) is 0 Å². The van der Waals surface area contributed by atoms with Gasteiger partial charge in [-0.25, -0.2) is 5.84 Å². The standard InChI is InChI=1S/C4H8N3/c5-7-4-2-1-3-6-4/h5H,1-3H2,(H,6,7). The Bertz CT molecular complexity index is 78.9. The van der Waals surface area contributed by atoms with Gasteiger partial charge in [0.2, 0.25) is 0 Å². The van der Waals surface area contributed by atoms with Crippen LogP contribution in [-0.2, 0) is 0 Å². The molecule has 0 bridgehead atoms. The lowest BCUT2D eigenvalue weighted by molar-refractivity contribution is 0.911. The van der Waals surface area contributed by atoms with E-state index in [-0.39, 0.29) is 0 Å². The van der Waals surface area contributed by atoms with E-state index in [9.17, 15) is 0 Å². The number of rotatable bonds is 0. The molecule has 0 aliphatic carbocycles. The molecule has 1 fully saturated rings. The van der Waals surface area contributed by atoms with Crippen LogP contribution in [0.4, 0.5) is 0 Å². The van der Waals surface area contributed by atoms with Crippen LogP contribution in [0.25, 0.3) is 0 Å². The fourth-order valence-electron chi connectivity index (χ4n) is 0.672. The summed E-state index contributed by atoms with van der Waals surface area (Å²) < 4.78 is 0. The van der Waals surface area contributed by atoms with Crippen molar-refractivity contribution in [1.82, 2.24) is 11.2 Å². The van der Waals surface area contributed by atoms with Crippen LogP contribution in [0.3, 0.4) is 0 Å². The van der Waals surface area contributed by atoms with Crippen molar-refractivity contribution < 1.29 is 0 Å². The first kappa shape index (κ1) is 4.43. The van der Waals surface area contributed by atoms with E-state index in [1.807, 2.05) is 0 Å². The minimum atomic E-state index is 0.833. The zero-order valence-corrected chi connectivity index (χ0v) is 4.07. The first-order valence-electron chi connectivity index (χ1n) is 2.40. The second kappa shape index (κ2) is 1.82. The Morgan fingerprint density at radius 3 is 2.86 bits per heavy atom. The molecule has 1 rings (SSSR count). The van der Waals surface area contributed by atoms with Crippen molar-refractivity contribution >= 4 is 5.84 Å². The molecule has 39 valence electrons. The third-order valence-electron chi connectivity index (χ3n) is 1.05. The molecular weight excluding hydrogens is 90.1 g/mol. The second-order valence-corrected chi connectivity index (χ2v) is 1.59. The molecule has 1 heterocycles. The molecule has 0 amide bonds. The van der Waals surface area contributed by atoms with Gasteiger partial charge in [0, 0.05) is 13.0 Å². The summed E-state index contributed by atoms with van der Waals surface area (Å²) in [6.07, 6.45) is 2.10. The van der Waals surface area contributed by atoms with Crippen LogP contribution in [0.1, 0.15) is 12.8 Å². The van der Waals surface area contributed by atoms with E-state index in [1.165, 1.54) is 0 Å². The van der Waals surface area contributed by atoms with Gasteiger partial charge in [-0.3, -0.25) is 0 Å². The molecule has 0 aromatic rings. The number of hydrogen-bond acceptors (Lipinski definition) is 1. The molecule has 0 aromatic heterocycles. The van der Waals surface area contributed by atoms with Crippen LogP contribution in [-0.4, -0.2) is 12.4 Å². The van der Waals surface area contributed by atoms with Crippen molar-refractivity contribution in [3.8, 4) is 0 Å². The molecule has 7 heavy (non-hydrogen) atoms. The van der Waals surface area contributed by atoms with Gasteiger partial charge >= 0.3 is 0 Å². The molecule has 3 heteroatoms. The summed E-state index contributed by atoms with van der Waals surface area (Å²) in [4.78, 5) is 0. The Morgan fingerprint density at radius 2 is 2.57 bits per heavy atom. The van der Waals surface area contributed by atoms with Crippen LogP contribution in [0.5, 0.6) is 0 Å². The van der Waals surface area contributed by atoms with Crippen LogP contribution in [0.2, 0.25) is 0 Å².